The monoisotopic (exact) mass is 620 g/mol. The first kappa shape index (κ1) is 31.4. The molecule has 0 bridgehead atoms. The second kappa shape index (κ2) is 12.7. The van der Waals surface area contributed by atoms with Crippen LogP contribution in [-0.2, 0) is 31.1 Å². The maximum atomic E-state index is 14.7. The molecule has 3 aliphatic heterocycles. The zero-order valence-electron chi connectivity index (χ0n) is 27.2. The first-order valence-corrected chi connectivity index (χ1v) is 16.7. The molecule has 11 nitrogen and oxygen atoms in total. The number of hydrogen-bond acceptors (Lipinski definition) is 6. The Kier molecular flexibility index (Phi) is 8.83. The van der Waals surface area contributed by atoms with Crippen molar-refractivity contribution in [1.82, 2.24) is 29.9 Å². The molecule has 0 radical (unpaired) electrons. The van der Waals surface area contributed by atoms with Crippen molar-refractivity contribution in [1.29, 1.82) is 0 Å². The van der Waals surface area contributed by atoms with Crippen LogP contribution < -0.4 is 10.1 Å². The Hall–Kier alpha value is -3.60. The first-order valence-electron chi connectivity index (χ1n) is 16.7. The van der Waals surface area contributed by atoms with Gasteiger partial charge in [0.2, 0.25) is 23.6 Å². The van der Waals surface area contributed by atoms with E-state index in [4.69, 9.17) is 4.74 Å². The molecule has 0 spiro atoms. The second-order valence-electron chi connectivity index (χ2n) is 13.5. The van der Waals surface area contributed by atoms with Crippen molar-refractivity contribution in [3.05, 3.63) is 29.5 Å². The Labute approximate surface area is 265 Å². The zero-order chi connectivity index (χ0) is 31.9. The maximum Gasteiger partial charge on any atom is 0.228 e. The lowest BCUT2D eigenvalue weighted by atomic mass is 9.65. The van der Waals surface area contributed by atoms with Crippen LogP contribution in [0.15, 0.2) is 18.2 Å². The number of amides is 4. The Morgan fingerprint density at radius 1 is 1.07 bits per heavy atom. The fraction of sp³-hybridized carbons (Fsp3) is 0.647. The quantitative estimate of drug-likeness (QED) is 0.394. The van der Waals surface area contributed by atoms with Gasteiger partial charge < -0.3 is 34.6 Å². The highest BCUT2D eigenvalue weighted by Crippen LogP contribution is 2.52. The zero-order valence-corrected chi connectivity index (χ0v) is 27.2. The third-order valence-electron chi connectivity index (χ3n) is 10.5. The van der Waals surface area contributed by atoms with E-state index in [2.05, 4.69) is 22.1 Å². The number of nitrogens with one attached hydrogen (secondary N) is 2. The molecule has 2 aromatic rings. The summed E-state index contributed by atoms with van der Waals surface area (Å²) in [4.78, 5) is 66.2. The molecule has 3 fully saturated rings. The number of ether oxygens (including phenoxy) is 1. The van der Waals surface area contributed by atoms with Gasteiger partial charge in [-0.25, -0.2) is 0 Å². The lowest BCUT2D eigenvalue weighted by Crippen LogP contribution is -2.66. The number of fused-ring (bicyclic) bond motifs is 5. The van der Waals surface area contributed by atoms with E-state index in [1.165, 1.54) is 0 Å². The van der Waals surface area contributed by atoms with E-state index in [9.17, 15) is 19.2 Å². The van der Waals surface area contributed by atoms with Crippen molar-refractivity contribution in [2.45, 2.75) is 57.4 Å². The summed E-state index contributed by atoms with van der Waals surface area (Å²) < 4.78 is 5.53. The van der Waals surface area contributed by atoms with E-state index in [1.807, 2.05) is 47.0 Å². The Morgan fingerprint density at radius 3 is 2.42 bits per heavy atom. The molecule has 3 atom stereocenters. The molecule has 2 N–H and O–H groups in total. The summed E-state index contributed by atoms with van der Waals surface area (Å²) in [6, 6.07) is 5.96. The van der Waals surface area contributed by atoms with E-state index in [-0.39, 0.29) is 36.0 Å². The molecule has 11 heteroatoms. The summed E-state index contributed by atoms with van der Waals surface area (Å²) in [5.74, 6) is -0.153. The van der Waals surface area contributed by atoms with E-state index in [0.29, 0.717) is 58.5 Å². The lowest BCUT2D eigenvalue weighted by Gasteiger charge is -2.56. The molecule has 1 unspecified atom stereocenters. The molecule has 45 heavy (non-hydrogen) atoms. The third kappa shape index (κ3) is 5.79. The van der Waals surface area contributed by atoms with Crippen LogP contribution in [0, 0.1) is 17.8 Å². The summed E-state index contributed by atoms with van der Waals surface area (Å²) >= 11 is 0. The van der Waals surface area contributed by atoms with Gasteiger partial charge in [-0.05, 0) is 82.9 Å². The Morgan fingerprint density at radius 2 is 1.78 bits per heavy atom. The molecule has 4 heterocycles. The van der Waals surface area contributed by atoms with E-state index in [0.717, 1.165) is 53.7 Å². The largest absolute Gasteiger partial charge is 0.497 e. The van der Waals surface area contributed by atoms with Gasteiger partial charge in [-0.1, -0.05) is 6.92 Å². The van der Waals surface area contributed by atoms with Gasteiger partial charge in [0.1, 0.15) is 5.75 Å². The average Bonchev–Trinajstić information content (AvgIpc) is 3.83. The lowest BCUT2D eigenvalue weighted by molar-refractivity contribution is -0.167. The fourth-order valence-corrected chi connectivity index (χ4v) is 7.98. The number of H-pyrrole nitrogens is 1. The van der Waals surface area contributed by atoms with Crippen LogP contribution in [0.3, 0.4) is 0 Å². The van der Waals surface area contributed by atoms with Gasteiger partial charge in [0, 0.05) is 74.1 Å². The number of carbonyl (C=O) groups excluding carboxylic acids is 4. The first-order chi connectivity index (χ1) is 21.7. The minimum Gasteiger partial charge on any atom is -0.497 e. The standard InChI is InChI=1S/C34H48N6O5/c1-5-34-27(33(44)39-17-15-38(16-18-39)31(42)22-7-8-22)19-23(20-29(41)35-12-6-13-37(2)3)32(43)40(34)14-11-25-26-21-24(45-4)9-10-28(26)36-30(25)34/h9-10,21-23,27,36H,5-8,11-20H2,1-4H3,(H,35,41)/t23?,27-,34+/m1/s1. The number of piperidine rings is 1. The minimum atomic E-state index is -0.854. The topological polar surface area (TPSA) is 118 Å². The number of piperazine rings is 1. The van der Waals surface area contributed by atoms with E-state index in [1.54, 1.807) is 7.11 Å². The number of carbonyl (C=O) groups is 4. The highest BCUT2D eigenvalue weighted by atomic mass is 16.5. The van der Waals surface area contributed by atoms with Crippen LogP contribution in [0.5, 0.6) is 5.75 Å². The number of benzene rings is 1. The molecule has 1 saturated carbocycles. The van der Waals surface area contributed by atoms with Crippen molar-refractivity contribution in [3.63, 3.8) is 0 Å². The van der Waals surface area contributed by atoms with Crippen LogP contribution in [-0.4, -0.2) is 115 Å². The van der Waals surface area contributed by atoms with E-state index >= 15 is 0 Å². The van der Waals surface area contributed by atoms with Crippen LogP contribution >= 0.6 is 0 Å². The summed E-state index contributed by atoms with van der Waals surface area (Å²) in [6.45, 7) is 5.99. The van der Waals surface area contributed by atoms with Gasteiger partial charge in [-0.2, -0.15) is 0 Å². The number of nitrogens with zero attached hydrogens (tertiary/aromatic N) is 4. The van der Waals surface area contributed by atoms with Crippen molar-refractivity contribution in [2.75, 3.05) is 67.0 Å². The average molecular weight is 621 g/mol. The van der Waals surface area contributed by atoms with Crippen LogP contribution in [0.4, 0.5) is 0 Å². The molecule has 1 aromatic heterocycles. The summed E-state index contributed by atoms with van der Waals surface area (Å²) in [5, 5.41) is 4.05. The maximum absolute atomic E-state index is 14.7. The van der Waals surface area contributed by atoms with Gasteiger partial charge in [-0.3, -0.25) is 19.2 Å². The normalized spacial score (nSPS) is 24.9. The van der Waals surface area contributed by atoms with Crippen LogP contribution in [0.25, 0.3) is 10.9 Å². The summed E-state index contributed by atoms with van der Waals surface area (Å²) in [5.41, 5.74) is 2.17. The predicted octanol–water partition coefficient (Wildman–Crippen LogP) is 2.34. The molecular formula is C34H48N6O5. The SMILES string of the molecule is CC[C@]12c3[nH]c4ccc(OC)cc4c3CCN1C(=O)C(CC(=O)NCCCN(C)C)C[C@@H]2C(=O)N1CCN(C(=O)C2CC2)CC1. The number of hydrogen-bond donors (Lipinski definition) is 2. The second-order valence-corrected chi connectivity index (χ2v) is 13.5. The Balaban J connectivity index is 1.31. The molecule has 1 aliphatic carbocycles. The summed E-state index contributed by atoms with van der Waals surface area (Å²) in [6.07, 6.45) is 4.36. The molecule has 4 amide bonds. The highest BCUT2D eigenvalue weighted by Gasteiger charge is 2.59. The van der Waals surface area contributed by atoms with Crippen molar-refractivity contribution in [2.24, 2.45) is 17.8 Å². The smallest absolute Gasteiger partial charge is 0.228 e. The summed E-state index contributed by atoms with van der Waals surface area (Å²) in [7, 11) is 5.65. The van der Waals surface area contributed by atoms with Gasteiger partial charge >= 0.3 is 0 Å². The molecule has 4 aliphatic rings. The fourth-order valence-electron chi connectivity index (χ4n) is 7.98. The molecule has 244 valence electrons. The molecular weight excluding hydrogens is 572 g/mol. The molecule has 6 rings (SSSR count). The van der Waals surface area contributed by atoms with Crippen molar-refractivity contribution < 1.29 is 23.9 Å². The third-order valence-corrected chi connectivity index (χ3v) is 10.5. The number of aromatic nitrogens is 1. The highest BCUT2D eigenvalue weighted by molar-refractivity contribution is 5.93. The van der Waals surface area contributed by atoms with Gasteiger partial charge in [-0.15, -0.1) is 0 Å². The van der Waals surface area contributed by atoms with E-state index < -0.39 is 17.4 Å². The molecule has 1 aromatic carbocycles. The number of rotatable bonds is 10. The van der Waals surface area contributed by atoms with Crippen LogP contribution in [0.1, 0.15) is 56.7 Å². The number of methoxy groups -OCH3 is 1. The van der Waals surface area contributed by atoms with Gasteiger partial charge in [0.05, 0.1) is 18.6 Å². The number of aromatic amines is 1. The Bertz CT molecular complexity index is 1460. The predicted molar refractivity (Wildman–Crippen MR) is 171 cm³/mol. The van der Waals surface area contributed by atoms with Crippen molar-refractivity contribution >= 4 is 34.5 Å². The van der Waals surface area contributed by atoms with Gasteiger partial charge in [0.15, 0.2) is 0 Å². The molecule has 2 saturated heterocycles. The van der Waals surface area contributed by atoms with Crippen LogP contribution in [0.2, 0.25) is 0 Å². The minimum absolute atomic E-state index is 0.00773. The van der Waals surface area contributed by atoms with Crippen molar-refractivity contribution in [3.8, 4) is 5.75 Å². The van der Waals surface area contributed by atoms with Gasteiger partial charge in [0.25, 0.3) is 0 Å².